The van der Waals surface area contributed by atoms with E-state index < -0.39 is 0 Å². The second-order valence-corrected chi connectivity index (χ2v) is 7.68. The number of methoxy groups -OCH3 is 1. The van der Waals surface area contributed by atoms with Crippen LogP contribution in [0.4, 0.5) is 11.6 Å². The quantitative estimate of drug-likeness (QED) is 0.744. The number of nitrogens with one attached hydrogen (secondary N) is 1. The Hall–Kier alpha value is -2.45. The molecule has 0 aliphatic carbocycles. The molecular weight excluding hydrogens is 344 g/mol. The first kappa shape index (κ1) is 17.9. The zero-order valence-corrected chi connectivity index (χ0v) is 16.1. The molecule has 27 heavy (non-hydrogen) atoms. The average molecular weight is 369 g/mol. The SMILES string of the molecule is COCc1cc2c(Nc3cc([C@H]4C[CH]CO4)nn3C(C)(C)C)nccn2n1. The summed E-state index contributed by atoms with van der Waals surface area (Å²) in [5, 5.41) is 12.8. The molecule has 1 fully saturated rings. The number of ether oxygens (including phenoxy) is 2. The molecular formula is C19H25N6O2. The lowest BCUT2D eigenvalue weighted by atomic mass is 10.1. The maximum Gasteiger partial charge on any atom is 0.157 e. The van der Waals surface area contributed by atoms with Crippen molar-refractivity contribution < 1.29 is 9.47 Å². The summed E-state index contributed by atoms with van der Waals surface area (Å²) in [7, 11) is 1.66. The minimum Gasteiger partial charge on any atom is -0.378 e. The van der Waals surface area contributed by atoms with Gasteiger partial charge in [-0.3, -0.25) is 0 Å². The van der Waals surface area contributed by atoms with E-state index in [1.54, 1.807) is 17.8 Å². The topological polar surface area (TPSA) is 78.5 Å². The van der Waals surface area contributed by atoms with Gasteiger partial charge in [0.25, 0.3) is 0 Å². The number of rotatable bonds is 5. The Morgan fingerprint density at radius 1 is 1.30 bits per heavy atom. The minimum atomic E-state index is -0.185. The predicted octanol–water partition coefficient (Wildman–Crippen LogP) is 3.24. The van der Waals surface area contributed by atoms with Gasteiger partial charge in [0.2, 0.25) is 0 Å². The first-order valence-corrected chi connectivity index (χ1v) is 9.08. The van der Waals surface area contributed by atoms with Crippen molar-refractivity contribution >= 4 is 17.2 Å². The zero-order chi connectivity index (χ0) is 19.0. The summed E-state index contributed by atoms with van der Waals surface area (Å²) in [5.41, 5.74) is 2.49. The van der Waals surface area contributed by atoms with Crippen LogP contribution in [0.3, 0.4) is 0 Å². The van der Waals surface area contributed by atoms with Crippen LogP contribution in [0.5, 0.6) is 0 Å². The standard InChI is InChI=1S/C19H25N6O2/c1-19(2,3)25-17(11-14(23-25)16-6-5-9-27-16)21-18-15-10-13(12-26-4)22-24(15)8-7-20-18/h5,7-8,10-11,16H,6,9,12H2,1-4H3,(H,20,21)/t16-/m1/s1. The van der Waals surface area contributed by atoms with Crippen molar-refractivity contribution in [2.75, 3.05) is 19.0 Å². The molecule has 1 aliphatic heterocycles. The van der Waals surface area contributed by atoms with Crippen molar-refractivity contribution in [2.45, 2.75) is 45.4 Å². The third-order valence-electron chi connectivity index (χ3n) is 4.47. The molecule has 1 saturated heterocycles. The molecule has 1 aliphatic rings. The third-order valence-corrected chi connectivity index (χ3v) is 4.47. The van der Waals surface area contributed by atoms with Crippen LogP contribution in [0, 0.1) is 6.42 Å². The summed E-state index contributed by atoms with van der Waals surface area (Å²) in [4.78, 5) is 4.51. The van der Waals surface area contributed by atoms with Crippen LogP contribution in [0.2, 0.25) is 0 Å². The highest BCUT2D eigenvalue weighted by atomic mass is 16.5. The van der Waals surface area contributed by atoms with Crippen LogP contribution in [-0.2, 0) is 21.6 Å². The Kier molecular flexibility index (Phi) is 4.61. The van der Waals surface area contributed by atoms with Crippen molar-refractivity contribution in [1.82, 2.24) is 24.4 Å². The summed E-state index contributed by atoms with van der Waals surface area (Å²) >= 11 is 0. The summed E-state index contributed by atoms with van der Waals surface area (Å²) in [5.74, 6) is 1.60. The molecule has 3 aromatic heterocycles. The number of fused-ring (bicyclic) bond motifs is 1. The Balaban J connectivity index is 1.72. The largest absolute Gasteiger partial charge is 0.378 e. The Morgan fingerprint density at radius 3 is 2.85 bits per heavy atom. The van der Waals surface area contributed by atoms with Crippen molar-refractivity contribution in [3.05, 3.63) is 42.3 Å². The second-order valence-electron chi connectivity index (χ2n) is 7.68. The highest BCUT2D eigenvalue weighted by molar-refractivity contribution is 5.72. The zero-order valence-electron chi connectivity index (χ0n) is 16.1. The lowest BCUT2D eigenvalue weighted by Crippen LogP contribution is -2.25. The average Bonchev–Trinajstić information content (AvgIpc) is 3.33. The van der Waals surface area contributed by atoms with Gasteiger partial charge in [0.15, 0.2) is 5.82 Å². The van der Waals surface area contributed by atoms with E-state index in [2.05, 4.69) is 42.6 Å². The number of aromatic nitrogens is 5. The smallest absolute Gasteiger partial charge is 0.157 e. The van der Waals surface area contributed by atoms with Gasteiger partial charge >= 0.3 is 0 Å². The van der Waals surface area contributed by atoms with E-state index in [0.29, 0.717) is 13.2 Å². The van der Waals surface area contributed by atoms with Crippen LogP contribution in [0.15, 0.2) is 24.5 Å². The Labute approximate surface area is 158 Å². The molecule has 0 unspecified atom stereocenters. The molecule has 0 saturated carbocycles. The highest BCUT2D eigenvalue weighted by Crippen LogP contribution is 2.32. The lowest BCUT2D eigenvalue weighted by molar-refractivity contribution is 0.110. The van der Waals surface area contributed by atoms with E-state index in [0.717, 1.165) is 35.0 Å². The van der Waals surface area contributed by atoms with E-state index in [1.165, 1.54) is 0 Å². The van der Waals surface area contributed by atoms with Gasteiger partial charge in [-0.1, -0.05) is 0 Å². The van der Waals surface area contributed by atoms with E-state index >= 15 is 0 Å². The van der Waals surface area contributed by atoms with E-state index in [9.17, 15) is 0 Å². The predicted molar refractivity (Wildman–Crippen MR) is 102 cm³/mol. The molecule has 1 atom stereocenters. The van der Waals surface area contributed by atoms with Gasteiger partial charge in [0, 0.05) is 25.6 Å². The van der Waals surface area contributed by atoms with Crippen LogP contribution >= 0.6 is 0 Å². The van der Waals surface area contributed by atoms with Crippen molar-refractivity contribution in [3.8, 4) is 0 Å². The second kappa shape index (κ2) is 6.94. The molecule has 1 N–H and O–H groups in total. The Bertz CT molecular complexity index is 933. The Morgan fingerprint density at radius 2 is 2.15 bits per heavy atom. The summed E-state index contributed by atoms with van der Waals surface area (Å²) < 4.78 is 14.8. The molecule has 8 nitrogen and oxygen atoms in total. The molecule has 0 spiro atoms. The van der Waals surface area contributed by atoms with Gasteiger partial charge in [-0.2, -0.15) is 10.2 Å². The van der Waals surface area contributed by atoms with Gasteiger partial charge in [0.1, 0.15) is 17.4 Å². The molecule has 3 aromatic rings. The number of anilines is 2. The molecule has 0 aromatic carbocycles. The van der Waals surface area contributed by atoms with Gasteiger partial charge in [-0.15, -0.1) is 0 Å². The maximum absolute atomic E-state index is 5.77. The molecule has 4 rings (SSSR count). The normalized spacial score (nSPS) is 17.7. The van der Waals surface area contributed by atoms with Crippen molar-refractivity contribution in [3.63, 3.8) is 0 Å². The molecule has 143 valence electrons. The molecule has 0 amide bonds. The van der Waals surface area contributed by atoms with Crippen molar-refractivity contribution in [1.29, 1.82) is 0 Å². The molecule has 1 radical (unpaired) electrons. The summed E-state index contributed by atoms with van der Waals surface area (Å²) in [6.07, 6.45) is 6.60. The fourth-order valence-corrected chi connectivity index (χ4v) is 3.24. The number of hydrogen-bond donors (Lipinski definition) is 1. The number of hydrogen-bond acceptors (Lipinski definition) is 6. The van der Waals surface area contributed by atoms with Gasteiger partial charge < -0.3 is 14.8 Å². The fourth-order valence-electron chi connectivity index (χ4n) is 3.24. The summed E-state index contributed by atoms with van der Waals surface area (Å²) in [6, 6.07) is 4.03. The van der Waals surface area contributed by atoms with Crippen LogP contribution < -0.4 is 5.32 Å². The monoisotopic (exact) mass is 369 g/mol. The van der Waals surface area contributed by atoms with Gasteiger partial charge in [-0.25, -0.2) is 14.2 Å². The minimum absolute atomic E-state index is 0.0150. The molecule has 8 heteroatoms. The summed E-state index contributed by atoms with van der Waals surface area (Å²) in [6.45, 7) is 7.51. The van der Waals surface area contributed by atoms with Crippen LogP contribution in [0.1, 0.15) is 44.7 Å². The number of nitrogens with zero attached hydrogens (tertiary/aromatic N) is 5. The van der Waals surface area contributed by atoms with E-state index in [-0.39, 0.29) is 11.6 Å². The maximum atomic E-state index is 5.77. The molecule has 4 heterocycles. The van der Waals surface area contributed by atoms with Gasteiger partial charge in [-0.05, 0) is 39.7 Å². The lowest BCUT2D eigenvalue weighted by Gasteiger charge is -2.22. The van der Waals surface area contributed by atoms with Crippen molar-refractivity contribution in [2.24, 2.45) is 0 Å². The van der Waals surface area contributed by atoms with Crippen LogP contribution in [-0.4, -0.2) is 38.1 Å². The fraction of sp³-hybridized carbons (Fsp3) is 0.474. The van der Waals surface area contributed by atoms with Gasteiger partial charge in [0.05, 0.1) is 30.1 Å². The highest BCUT2D eigenvalue weighted by Gasteiger charge is 2.26. The first-order chi connectivity index (χ1) is 13.0. The van der Waals surface area contributed by atoms with Crippen LogP contribution in [0.25, 0.3) is 5.52 Å². The molecule has 0 bridgehead atoms. The third kappa shape index (κ3) is 3.54. The van der Waals surface area contributed by atoms with E-state index in [4.69, 9.17) is 14.6 Å². The first-order valence-electron chi connectivity index (χ1n) is 9.08. The van der Waals surface area contributed by atoms with E-state index in [1.807, 2.05) is 23.0 Å².